The lowest BCUT2D eigenvalue weighted by Crippen LogP contribution is -2.35. The van der Waals surface area contributed by atoms with E-state index in [0.717, 1.165) is 5.76 Å². The molecular formula is C11H17NO2. The highest BCUT2D eigenvalue weighted by Gasteiger charge is 2.16. The fourth-order valence-corrected chi connectivity index (χ4v) is 1.24. The van der Waals surface area contributed by atoms with E-state index >= 15 is 0 Å². The van der Waals surface area contributed by atoms with Crippen LogP contribution >= 0.6 is 0 Å². The number of furan rings is 1. The Labute approximate surface area is 84.3 Å². The Morgan fingerprint density at radius 1 is 1.57 bits per heavy atom. The van der Waals surface area contributed by atoms with E-state index in [1.54, 1.807) is 6.26 Å². The predicted molar refractivity (Wildman–Crippen MR) is 54.8 cm³/mol. The van der Waals surface area contributed by atoms with Crippen molar-refractivity contribution in [1.29, 1.82) is 0 Å². The second kappa shape index (κ2) is 4.96. The average molecular weight is 195 g/mol. The van der Waals surface area contributed by atoms with Gasteiger partial charge in [0, 0.05) is 12.8 Å². The molecular weight excluding hydrogens is 178 g/mol. The van der Waals surface area contributed by atoms with Crippen molar-refractivity contribution in [2.24, 2.45) is 11.7 Å². The first-order valence-corrected chi connectivity index (χ1v) is 4.92. The van der Waals surface area contributed by atoms with Gasteiger partial charge in [-0.05, 0) is 18.1 Å². The summed E-state index contributed by atoms with van der Waals surface area (Å²) in [5, 5.41) is 0. The maximum atomic E-state index is 11.5. The highest BCUT2D eigenvalue weighted by molar-refractivity contribution is 5.84. The molecule has 0 bridgehead atoms. The zero-order valence-corrected chi connectivity index (χ0v) is 8.69. The van der Waals surface area contributed by atoms with E-state index in [1.165, 1.54) is 0 Å². The molecule has 14 heavy (non-hydrogen) atoms. The van der Waals surface area contributed by atoms with E-state index in [1.807, 2.05) is 26.0 Å². The SMILES string of the molecule is CC(C)C(N)C(=O)CCc1ccco1. The van der Waals surface area contributed by atoms with Gasteiger partial charge in [-0.3, -0.25) is 4.79 Å². The second-order valence-corrected chi connectivity index (χ2v) is 3.82. The summed E-state index contributed by atoms with van der Waals surface area (Å²) in [6.07, 6.45) is 2.72. The summed E-state index contributed by atoms with van der Waals surface area (Å²) in [5.74, 6) is 1.16. The molecule has 0 aliphatic rings. The Morgan fingerprint density at radius 2 is 2.29 bits per heavy atom. The maximum absolute atomic E-state index is 11.5. The maximum Gasteiger partial charge on any atom is 0.150 e. The van der Waals surface area contributed by atoms with Gasteiger partial charge in [-0.25, -0.2) is 0 Å². The Balaban J connectivity index is 2.35. The van der Waals surface area contributed by atoms with Gasteiger partial charge in [-0.15, -0.1) is 0 Å². The minimum absolute atomic E-state index is 0.108. The van der Waals surface area contributed by atoms with Crippen LogP contribution in [0.15, 0.2) is 22.8 Å². The number of carbonyl (C=O) groups is 1. The van der Waals surface area contributed by atoms with Crippen molar-refractivity contribution >= 4 is 5.78 Å². The largest absolute Gasteiger partial charge is 0.469 e. The molecule has 3 heteroatoms. The van der Waals surface area contributed by atoms with Crippen LogP contribution < -0.4 is 5.73 Å². The van der Waals surface area contributed by atoms with Gasteiger partial charge in [-0.1, -0.05) is 13.8 Å². The monoisotopic (exact) mass is 195 g/mol. The van der Waals surface area contributed by atoms with E-state index in [2.05, 4.69) is 0 Å². The lowest BCUT2D eigenvalue weighted by molar-refractivity contribution is -0.121. The molecule has 0 saturated heterocycles. The smallest absolute Gasteiger partial charge is 0.150 e. The van der Waals surface area contributed by atoms with E-state index in [0.29, 0.717) is 12.8 Å². The number of hydrogen-bond donors (Lipinski definition) is 1. The van der Waals surface area contributed by atoms with Crippen molar-refractivity contribution in [3.8, 4) is 0 Å². The Hall–Kier alpha value is -1.09. The fraction of sp³-hybridized carbons (Fsp3) is 0.545. The van der Waals surface area contributed by atoms with E-state index in [-0.39, 0.29) is 17.7 Å². The molecule has 0 aliphatic heterocycles. The molecule has 1 heterocycles. The van der Waals surface area contributed by atoms with Crippen molar-refractivity contribution in [2.75, 3.05) is 0 Å². The number of nitrogens with two attached hydrogens (primary N) is 1. The van der Waals surface area contributed by atoms with Crippen molar-refractivity contribution in [3.63, 3.8) is 0 Å². The third kappa shape index (κ3) is 3.00. The summed E-state index contributed by atoms with van der Waals surface area (Å²) in [6.45, 7) is 3.91. The first kappa shape index (κ1) is 11.0. The molecule has 3 nitrogen and oxygen atoms in total. The molecule has 1 rings (SSSR count). The topological polar surface area (TPSA) is 56.2 Å². The molecule has 78 valence electrons. The molecule has 0 radical (unpaired) electrons. The van der Waals surface area contributed by atoms with Gasteiger partial charge >= 0.3 is 0 Å². The van der Waals surface area contributed by atoms with Crippen LogP contribution in [0, 0.1) is 5.92 Å². The Morgan fingerprint density at radius 3 is 2.79 bits per heavy atom. The van der Waals surface area contributed by atoms with Gasteiger partial charge in [0.2, 0.25) is 0 Å². The van der Waals surface area contributed by atoms with Gasteiger partial charge in [-0.2, -0.15) is 0 Å². The van der Waals surface area contributed by atoms with Gasteiger partial charge < -0.3 is 10.2 Å². The minimum Gasteiger partial charge on any atom is -0.469 e. The highest BCUT2D eigenvalue weighted by Crippen LogP contribution is 2.07. The fourth-order valence-electron chi connectivity index (χ4n) is 1.24. The van der Waals surface area contributed by atoms with Crippen LogP contribution in [0.1, 0.15) is 26.0 Å². The Kier molecular flexibility index (Phi) is 3.89. The highest BCUT2D eigenvalue weighted by atomic mass is 16.3. The van der Waals surface area contributed by atoms with Crippen LogP contribution in [0.25, 0.3) is 0 Å². The number of carbonyl (C=O) groups excluding carboxylic acids is 1. The summed E-state index contributed by atoms with van der Waals surface area (Å²) < 4.78 is 5.13. The molecule has 0 aromatic carbocycles. The third-order valence-electron chi connectivity index (χ3n) is 2.29. The molecule has 1 aromatic rings. The number of aryl methyl sites for hydroxylation is 1. The second-order valence-electron chi connectivity index (χ2n) is 3.82. The minimum atomic E-state index is -0.343. The number of rotatable bonds is 5. The summed E-state index contributed by atoms with van der Waals surface area (Å²) in [4.78, 5) is 11.5. The van der Waals surface area contributed by atoms with Crippen molar-refractivity contribution in [2.45, 2.75) is 32.7 Å². The van der Waals surface area contributed by atoms with Crippen LogP contribution in [-0.4, -0.2) is 11.8 Å². The van der Waals surface area contributed by atoms with Gasteiger partial charge in [0.25, 0.3) is 0 Å². The van der Waals surface area contributed by atoms with Crippen molar-refractivity contribution in [1.82, 2.24) is 0 Å². The number of ketones is 1. The standard InChI is InChI=1S/C11H17NO2/c1-8(2)11(12)10(13)6-5-9-4-3-7-14-9/h3-4,7-8,11H,5-6,12H2,1-2H3. The summed E-state index contributed by atoms with van der Waals surface area (Å²) in [6, 6.07) is 3.35. The van der Waals surface area contributed by atoms with Crippen molar-refractivity contribution < 1.29 is 9.21 Å². The van der Waals surface area contributed by atoms with Crippen LogP contribution in [-0.2, 0) is 11.2 Å². The molecule has 1 aromatic heterocycles. The lowest BCUT2D eigenvalue weighted by atomic mass is 9.98. The third-order valence-corrected chi connectivity index (χ3v) is 2.29. The quantitative estimate of drug-likeness (QED) is 0.779. The van der Waals surface area contributed by atoms with Crippen molar-refractivity contribution in [3.05, 3.63) is 24.2 Å². The first-order chi connectivity index (χ1) is 6.61. The average Bonchev–Trinajstić information content (AvgIpc) is 2.65. The summed E-state index contributed by atoms with van der Waals surface area (Å²) >= 11 is 0. The van der Waals surface area contributed by atoms with Crippen LogP contribution in [0.5, 0.6) is 0 Å². The first-order valence-electron chi connectivity index (χ1n) is 4.92. The Bertz CT molecular complexity index is 277. The van der Waals surface area contributed by atoms with Gasteiger partial charge in [0.05, 0.1) is 12.3 Å². The van der Waals surface area contributed by atoms with E-state index in [9.17, 15) is 4.79 Å². The number of Topliss-reactive ketones (excluding diaryl/α,β-unsaturated/α-hetero) is 1. The van der Waals surface area contributed by atoms with Crippen LogP contribution in [0.4, 0.5) is 0 Å². The molecule has 2 N–H and O–H groups in total. The number of hydrogen-bond acceptors (Lipinski definition) is 3. The zero-order chi connectivity index (χ0) is 10.6. The normalized spacial score (nSPS) is 13.1. The molecule has 0 saturated carbocycles. The van der Waals surface area contributed by atoms with Crippen LogP contribution in [0.3, 0.4) is 0 Å². The van der Waals surface area contributed by atoms with Gasteiger partial charge in [0.15, 0.2) is 0 Å². The summed E-state index contributed by atoms with van der Waals surface area (Å²) in [7, 11) is 0. The molecule has 0 spiro atoms. The van der Waals surface area contributed by atoms with Gasteiger partial charge in [0.1, 0.15) is 11.5 Å². The molecule has 0 amide bonds. The lowest BCUT2D eigenvalue weighted by Gasteiger charge is -2.13. The van der Waals surface area contributed by atoms with E-state index < -0.39 is 0 Å². The zero-order valence-electron chi connectivity index (χ0n) is 8.69. The molecule has 0 aliphatic carbocycles. The molecule has 1 atom stereocenters. The molecule has 0 fully saturated rings. The van der Waals surface area contributed by atoms with E-state index in [4.69, 9.17) is 10.2 Å². The summed E-state index contributed by atoms with van der Waals surface area (Å²) in [5.41, 5.74) is 5.72. The predicted octanol–water partition coefficient (Wildman–Crippen LogP) is 1.76. The molecule has 1 unspecified atom stereocenters. The van der Waals surface area contributed by atoms with Crippen LogP contribution in [0.2, 0.25) is 0 Å².